The highest BCUT2D eigenvalue weighted by molar-refractivity contribution is 5.76. The minimum Gasteiger partial charge on any atom is -0.456 e. The van der Waals surface area contributed by atoms with E-state index in [2.05, 4.69) is 60.7 Å². The Balaban J connectivity index is 1.62. The summed E-state index contributed by atoms with van der Waals surface area (Å²) in [5.74, 6) is 3.10. The maximum absolute atomic E-state index is 6.51. The maximum atomic E-state index is 6.51. The Bertz CT molecular complexity index is 1400. The number of hydrogen-bond donors (Lipinski definition) is 0. The predicted molar refractivity (Wildman–Crippen MR) is 126 cm³/mol. The molecule has 1 aliphatic rings. The Morgan fingerprint density at radius 1 is 0.656 bits per heavy atom. The molecule has 6 rings (SSSR count). The third-order valence-corrected chi connectivity index (χ3v) is 5.95. The maximum Gasteiger partial charge on any atom is 0.191 e. The second kappa shape index (κ2) is 7.54. The zero-order chi connectivity index (χ0) is 21.5. The summed E-state index contributed by atoms with van der Waals surface area (Å²) in [5, 5.41) is 0. The van der Waals surface area contributed by atoms with Crippen LogP contribution in [0.4, 0.5) is 0 Å². The molecule has 32 heavy (non-hydrogen) atoms. The molecule has 4 aromatic carbocycles. The molecule has 1 unspecified atom stereocenters. The van der Waals surface area contributed by atoms with Crippen molar-refractivity contribution < 1.29 is 9.15 Å². The Morgan fingerprint density at radius 3 is 2.09 bits per heavy atom. The molecule has 1 aliphatic heterocycles. The molecule has 0 amide bonds. The first-order valence-corrected chi connectivity index (χ1v) is 10.8. The average molecular weight is 415 g/mol. The van der Waals surface area contributed by atoms with E-state index in [0.29, 0.717) is 5.89 Å². The zero-order valence-electron chi connectivity index (χ0n) is 17.7. The van der Waals surface area contributed by atoms with Gasteiger partial charge in [0.1, 0.15) is 23.0 Å². The van der Waals surface area contributed by atoms with Crippen LogP contribution in [0.5, 0.6) is 11.5 Å². The van der Waals surface area contributed by atoms with Gasteiger partial charge < -0.3 is 9.15 Å². The van der Waals surface area contributed by atoms with E-state index >= 15 is 0 Å². The molecule has 0 saturated heterocycles. The number of oxazole rings is 1. The van der Waals surface area contributed by atoms with Gasteiger partial charge in [-0.3, -0.25) is 0 Å². The molecule has 0 fully saturated rings. The largest absolute Gasteiger partial charge is 0.456 e. The van der Waals surface area contributed by atoms with E-state index in [1.165, 1.54) is 0 Å². The van der Waals surface area contributed by atoms with Crippen molar-refractivity contribution in [3.8, 4) is 33.9 Å². The van der Waals surface area contributed by atoms with Gasteiger partial charge in [0.2, 0.25) is 0 Å². The molecule has 0 saturated carbocycles. The van der Waals surface area contributed by atoms with Gasteiger partial charge in [0.05, 0.1) is 5.92 Å². The summed E-state index contributed by atoms with van der Waals surface area (Å²) in [5.41, 5.74) is 6.28. The zero-order valence-corrected chi connectivity index (χ0v) is 17.7. The Labute approximate surface area is 187 Å². The number of aromatic nitrogens is 1. The quantitative estimate of drug-likeness (QED) is 0.298. The van der Waals surface area contributed by atoms with Crippen LogP contribution in [-0.4, -0.2) is 4.98 Å². The van der Waals surface area contributed by atoms with Gasteiger partial charge in [-0.15, -0.1) is 0 Å². The van der Waals surface area contributed by atoms with E-state index in [4.69, 9.17) is 14.1 Å². The highest BCUT2D eigenvalue weighted by Gasteiger charge is 2.35. The number of ether oxygens (including phenoxy) is 1. The Hall–Kier alpha value is -4.11. The molecule has 3 heteroatoms. The van der Waals surface area contributed by atoms with Crippen LogP contribution in [0, 0.1) is 6.92 Å². The van der Waals surface area contributed by atoms with E-state index in [-0.39, 0.29) is 5.92 Å². The number of nitrogens with zero attached hydrogens (tertiary/aromatic N) is 1. The summed E-state index contributed by atoms with van der Waals surface area (Å²) in [6, 6.07) is 35.1. The normalized spacial score (nSPS) is 14.3. The van der Waals surface area contributed by atoms with Crippen molar-refractivity contribution in [2.75, 3.05) is 0 Å². The van der Waals surface area contributed by atoms with Crippen molar-refractivity contribution in [1.82, 2.24) is 4.98 Å². The van der Waals surface area contributed by atoms with Gasteiger partial charge in [0.25, 0.3) is 0 Å². The van der Waals surface area contributed by atoms with E-state index in [1.807, 2.05) is 49.4 Å². The SMILES string of the molecule is Cc1nc(-c2ccccc2)c(C2c3ccccc3Oc3c(-c4ccccc4)cccc32)o1. The molecule has 0 spiro atoms. The highest BCUT2D eigenvalue weighted by atomic mass is 16.5. The second-order valence-electron chi connectivity index (χ2n) is 7.97. The van der Waals surface area contributed by atoms with Gasteiger partial charge in [-0.1, -0.05) is 97.1 Å². The second-order valence-corrected chi connectivity index (χ2v) is 7.97. The van der Waals surface area contributed by atoms with Crippen molar-refractivity contribution in [1.29, 1.82) is 0 Å². The summed E-state index contributed by atoms with van der Waals surface area (Å²) >= 11 is 0. The van der Waals surface area contributed by atoms with Crippen molar-refractivity contribution in [2.24, 2.45) is 0 Å². The van der Waals surface area contributed by atoms with Gasteiger partial charge in [0, 0.05) is 29.2 Å². The number of benzene rings is 4. The number of hydrogen-bond acceptors (Lipinski definition) is 3. The first kappa shape index (κ1) is 18.6. The van der Waals surface area contributed by atoms with Crippen LogP contribution in [0.15, 0.2) is 108 Å². The lowest BCUT2D eigenvalue weighted by Gasteiger charge is -2.29. The third kappa shape index (κ3) is 3.02. The first-order valence-electron chi connectivity index (χ1n) is 10.8. The van der Waals surface area contributed by atoms with Crippen LogP contribution >= 0.6 is 0 Å². The van der Waals surface area contributed by atoms with Crippen molar-refractivity contribution in [3.63, 3.8) is 0 Å². The smallest absolute Gasteiger partial charge is 0.191 e. The Kier molecular flexibility index (Phi) is 4.39. The van der Waals surface area contributed by atoms with E-state index < -0.39 is 0 Å². The lowest BCUT2D eigenvalue weighted by atomic mass is 9.83. The molecular weight excluding hydrogens is 394 g/mol. The van der Waals surface area contributed by atoms with Gasteiger partial charge in [-0.2, -0.15) is 0 Å². The van der Waals surface area contributed by atoms with E-state index in [1.54, 1.807) is 0 Å². The van der Waals surface area contributed by atoms with Crippen molar-refractivity contribution >= 4 is 0 Å². The number of para-hydroxylation sites is 2. The minimum atomic E-state index is -0.116. The molecule has 1 aromatic heterocycles. The summed E-state index contributed by atoms with van der Waals surface area (Å²) in [6.07, 6.45) is 0. The lowest BCUT2D eigenvalue weighted by molar-refractivity contribution is 0.426. The van der Waals surface area contributed by atoms with Crippen molar-refractivity contribution in [3.05, 3.63) is 126 Å². The van der Waals surface area contributed by atoms with Crippen LogP contribution in [0.25, 0.3) is 22.4 Å². The molecule has 0 N–H and O–H groups in total. The summed E-state index contributed by atoms with van der Waals surface area (Å²) in [6.45, 7) is 1.91. The topological polar surface area (TPSA) is 35.3 Å². The minimum absolute atomic E-state index is 0.116. The fraction of sp³-hybridized carbons (Fsp3) is 0.0690. The molecule has 5 aromatic rings. The van der Waals surface area contributed by atoms with Crippen LogP contribution in [-0.2, 0) is 0 Å². The van der Waals surface area contributed by atoms with Crippen LogP contribution in [0.2, 0.25) is 0 Å². The molecule has 0 aliphatic carbocycles. The van der Waals surface area contributed by atoms with Crippen LogP contribution in [0.1, 0.15) is 28.7 Å². The van der Waals surface area contributed by atoms with Crippen LogP contribution < -0.4 is 4.74 Å². The predicted octanol–water partition coefficient (Wildman–Crippen LogP) is 7.60. The monoisotopic (exact) mass is 415 g/mol. The molecule has 1 atom stereocenters. The molecule has 0 bridgehead atoms. The molecular formula is C29H21NO2. The molecule has 0 radical (unpaired) electrons. The average Bonchev–Trinajstić information content (AvgIpc) is 3.24. The highest BCUT2D eigenvalue weighted by Crippen LogP contribution is 2.52. The summed E-state index contributed by atoms with van der Waals surface area (Å²) < 4.78 is 12.8. The molecule has 2 heterocycles. The van der Waals surface area contributed by atoms with Gasteiger partial charge in [-0.05, 0) is 11.6 Å². The molecule has 154 valence electrons. The van der Waals surface area contributed by atoms with Gasteiger partial charge in [-0.25, -0.2) is 4.98 Å². The van der Waals surface area contributed by atoms with Gasteiger partial charge in [0.15, 0.2) is 5.89 Å². The molecule has 3 nitrogen and oxygen atoms in total. The fourth-order valence-electron chi connectivity index (χ4n) is 4.55. The lowest BCUT2D eigenvalue weighted by Crippen LogP contribution is -2.12. The summed E-state index contributed by atoms with van der Waals surface area (Å²) in [4.78, 5) is 4.78. The van der Waals surface area contributed by atoms with Crippen molar-refractivity contribution in [2.45, 2.75) is 12.8 Å². The van der Waals surface area contributed by atoms with Crippen LogP contribution in [0.3, 0.4) is 0 Å². The van der Waals surface area contributed by atoms with E-state index in [0.717, 1.165) is 50.8 Å². The number of rotatable bonds is 3. The summed E-state index contributed by atoms with van der Waals surface area (Å²) in [7, 11) is 0. The Morgan fingerprint density at radius 2 is 1.31 bits per heavy atom. The number of fused-ring (bicyclic) bond motifs is 2. The van der Waals surface area contributed by atoms with Gasteiger partial charge >= 0.3 is 0 Å². The third-order valence-electron chi connectivity index (χ3n) is 5.95. The standard InChI is InChI=1S/C29H21NO2/c1-19-30-27(21-13-6-3-7-14-21)29(31-19)26-23-15-8-9-18-25(23)32-28-22(16-10-17-24(26)28)20-11-4-2-5-12-20/h2-18,26H,1H3. The first-order chi connectivity index (χ1) is 15.8. The fourth-order valence-corrected chi connectivity index (χ4v) is 4.55. The number of aryl methyl sites for hydroxylation is 1. The van der Waals surface area contributed by atoms with E-state index in [9.17, 15) is 0 Å².